The first-order valence-corrected chi connectivity index (χ1v) is 5.50. The van der Waals surface area contributed by atoms with E-state index < -0.39 is 0 Å². The third-order valence-electron chi connectivity index (χ3n) is 3.18. The first-order valence-electron chi connectivity index (χ1n) is 5.50. The Morgan fingerprint density at radius 3 is 2.86 bits per heavy atom. The molecule has 0 unspecified atom stereocenters. The Kier molecular flexibility index (Phi) is 2.87. The zero-order chi connectivity index (χ0) is 9.97. The number of rotatable bonds is 3. The molecule has 0 aliphatic heterocycles. The largest absolute Gasteiger partial charge is 0.309 e. The van der Waals surface area contributed by atoms with Gasteiger partial charge in [0, 0.05) is 0 Å². The molecule has 0 N–H and O–H groups in total. The van der Waals surface area contributed by atoms with Crippen molar-refractivity contribution in [3.63, 3.8) is 0 Å². The number of nitrogens with zero attached hydrogens (tertiary/aromatic N) is 1. The molecular formula is C13H19N. The molecule has 1 aliphatic carbocycles. The lowest BCUT2D eigenvalue weighted by Gasteiger charge is -2.15. The van der Waals surface area contributed by atoms with Crippen LogP contribution in [0.1, 0.15) is 29.9 Å². The first kappa shape index (κ1) is 9.72. The Balaban J connectivity index is 2.03. The first-order chi connectivity index (χ1) is 6.77. The minimum Gasteiger partial charge on any atom is -0.309 e. The smallest absolute Gasteiger partial charge is 0.00190 e. The van der Waals surface area contributed by atoms with Gasteiger partial charge in [-0.3, -0.25) is 0 Å². The SMILES string of the molecule is CN(C)CC[C@H]1CCc2ccccc21. The number of hydrogen-bond donors (Lipinski definition) is 0. The second-order valence-corrected chi connectivity index (χ2v) is 4.53. The minimum atomic E-state index is 0.814. The number of aryl methyl sites for hydroxylation is 1. The van der Waals surface area contributed by atoms with Crippen molar-refractivity contribution in [2.75, 3.05) is 20.6 Å². The lowest BCUT2D eigenvalue weighted by molar-refractivity contribution is 0.380. The maximum absolute atomic E-state index is 2.31. The van der Waals surface area contributed by atoms with Gasteiger partial charge in [-0.1, -0.05) is 24.3 Å². The standard InChI is InChI=1S/C13H19N/c1-14(2)10-9-12-8-7-11-5-3-4-6-13(11)12/h3-6,12H,7-10H2,1-2H3/t12-/m1/s1. The van der Waals surface area contributed by atoms with Gasteiger partial charge in [0.2, 0.25) is 0 Å². The predicted molar refractivity (Wildman–Crippen MR) is 60.7 cm³/mol. The normalized spacial score (nSPS) is 20.1. The van der Waals surface area contributed by atoms with Crippen molar-refractivity contribution in [2.45, 2.75) is 25.2 Å². The van der Waals surface area contributed by atoms with Crippen LogP contribution in [-0.2, 0) is 6.42 Å². The van der Waals surface area contributed by atoms with Gasteiger partial charge in [0.1, 0.15) is 0 Å². The molecule has 2 rings (SSSR count). The van der Waals surface area contributed by atoms with Gasteiger partial charge in [-0.25, -0.2) is 0 Å². The molecule has 0 bridgehead atoms. The number of hydrogen-bond acceptors (Lipinski definition) is 1. The molecule has 1 aliphatic rings. The summed E-state index contributed by atoms with van der Waals surface area (Å²) in [5, 5.41) is 0. The molecule has 1 aromatic rings. The summed E-state index contributed by atoms with van der Waals surface area (Å²) in [6.07, 6.45) is 3.95. The van der Waals surface area contributed by atoms with Crippen LogP contribution in [0.4, 0.5) is 0 Å². The second-order valence-electron chi connectivity index (χ2n) is 4.53. The van der Waals surface area contributed by atoms with Crippen molar-refractivity contribution < 1.29 is 0 Å². The van der Waals surface area contributed by atoms with Gasteiger partial charge < -0.3 is 4.90 Å². The van der Waals surface area contributed by atoms with Crippen LogP contribution in [0, 0.1) is 0 Å². The summed E-state index contributed by atoms with van der Waals surface area (Å²) in [5.41, 5.74) is 3.19. The van der Waals surface area contributed by atoms with E-state index in [0.717, 1.165) is 5.92 Å². The molecule has 0 spiro atoms. The molecule has 1 atom stereocenters. The predicted octanol–water partition coefficient (Wildman–Crippen LogP) is 2.67. The maximum atomic E-state index is 2.31. The molecular weight excluding hydrogens is 170 g/mol. The van der Waals surface area contributed by atoms with Crippen molar-refractivity contribution in [2.24, 2.45) is 0 Å². The fourth-order valence-corrected chi connectivity index (χ4v) is 2.36. The number of benzene rings is 1. The van der Waals surface area contributed by atoms with Gasteiger partial charge in [0.15, 0.2) is 0 Å². The average molecular weight is 189 g/mol. The Morgan fingerprint density at radius 1 is 1.29 bits per heavy atom. The van der Waals surface area contributed by atoms with Crippen molar-refractivity contribution in [3.8, 4) is 0 Å². The highest BCUT2D eigenvalue weighted by Gasteiger charge is 2.21. The molecule has 0 saturated carbocycles. The molecule has 0 amide bonds. The Morgan fingerprint density at radius 2 is 2.07 bits per heavy atom. The molecule has 0 fully saturated rings. The van der Waals surface area contributed by atoms with Gasteiger partial charge in [0.05, 0.1) is 0 Å². The molecule has 14 heavy (non-hydrogen) atoms. The lowest BCUT2D eigenvalue weighted by atomic mass is 9.98. The Labute approximate surface area is 86.7 Å². The zero-order valence-corrected chi connectivity index (χ0v) is 9.16. The fourth-order valence-electron chi connectivity index (χ4n) is 2.36. The van der Waals surface area contributed by atoms with Crippen molar-refractivity contribution in [1.82, 2.24) is 4.90 Å². The lowest BCUT2D eigenvalue weighted by Crippen LogP contribution is -2.15. The van der Waals surface area contributed by atoms with Crippen molar-refractivity contribution in [1.29, 1.82) is 0 Å². The maximum Gasteiger partial charge on any atom is -0.00190 e. The van der Waals surface area contributed by atoms with E-state index in [1.807, 2.05) is 0 Å². The van der Waals surface area contributed by atoms with Crippen molar-refractivity contribution >= 4 is 0 Å². The van der Waals surface area contributed by atoms with E-state index in [4.69, 9.17) is 0 Å². The van der Waals surface area contributed by atoms with E-state index in [2.05, 4.69) is 43.3 Å². The van der Waals surface area contributed by atoms with E-state index in [0.29, 0.717) is 0 Å². The van der Waals surface area contributed by atoms with Gasteiger partial charge >= 0.3 is 0 Å². The van der Waals surface area contributed by atoms with Gasteiger partial charge in [0.25, 0.3) is 0 Å². The van der Waals surface area contributed by atoms with Crippen LogP contribution >= 0.6 is 0 Å². The summed E-state index contributed by atoms with van der Waals surface area (Å²) < 4.78 is 0. The van der Waals surface area contributed by atoms with E-state index in [1.165, 1.54) is 25.8 Å². The third-order valence-corrected chi connectivity index (χ3v) is 3.18. The highest BCUT2D eigenvalue weighted by molar-refractivity contribution is 5.34. The highest BCUT2D eigenvalue weighted by Crippen LogP contribution is 2.34. The summed E-state index contributed by atoms with van der Waals surface area (Å²) in [6.45, 7) is 1.21. The van der Waals surface area contributed by atoms with E-state index >= 15 is 0 Å². The fraction of sp³-hybridized carbons (Fsp3) is 0.538. The molecule has 0 radical (unpaired) electrons. The molecule has 76 valence electrons. The molecule has 0 aromatic heterocycles. The van der Waals surface area contributed by atoms with E-state index in [-0.39, 0.29) is 0 Å². The second kappa shape index (κ2) is 4.14. The van der Waals surface area contributed by atoms with Crippen LogP contribution in [-0.4, -0.2) is 25.5 Å². The van der Waals surface area contributed by atoms with Gasteiger partial charge in [-0.15, -0.1) is 0 Å². The van der Waals surface area contributed by atoms with Crippen LogP contribution in [0.5, 0.6) is 0 Å². The molecule has 1 aromatic carbocycles. The zero-order valence-electron chi connectivity index (χ0n) is 9.16. The molecule has 1 nitrogen and oxygen atoms in total. The quantitative estimate of drug-likeness (QED) is 0.706. The van der Waals surface area contributed by atoms with Crippen LogP contribution in [0.25, 0.3) is 0 Å². The van der Waals surface area contributed by atoms with Crippen LogP contribution < -0.4 is 0 Å². The monoisotopic (exact) mass is 189 g/mol. The Bertz CT molecular complexity index is 304. The Hall–Kier alpha value is -0.820. The molecule has 0 saturated heterocycles. The summed E-state index contributed by atoms with van der Waals surface area (Å²) in [6, 6.07) is 8.92. The van der Waals surface area contributed by atoms with Crippen molar-refractivity contribution in [3.05, 3.63) is 35.4 Å². The van der Waals surface area contributed by atoms with Crippen LogP contribution in [0.2, 0.25) is 0 Å². The van der Waals surface area contributed by atoms with Gasteiger partial charge in [-0.05, 0) is 56.9 Å². The van der Waals surface area contributed by atoms with E-state index in [1.54, 1.807) is 11.1 Å². The number of fused-ring (bicyclic) bond motifs is 1. The molecule has 1 heteroatoms. The van der Waals surface area contributed by atoms with E-state index in [9.17, 15) is 0 Å². The topological polar surface area (TPSA) is 3.24 Å². The molecule has 0 heterocycles. The minimum absolute atomic E-state index is 0.814. The summed E-state index contributed by atoms with van der Waals surface area (Å²) in [5.74, 6) is 0.814. The highest BCUT2D eigenvalue weighted by atomic mass is 15.0. The summed E-state index contributed by atoms with van der Waals surface area (Å²) in [4.78, 5) is 2.28. The summed E-state index contributed by atoms with van der Waals surface area (Å²) in [7, 11) is 4.31. The van der Waals surface area contributed by atoms with Crippen LogP contribution in [0.15, 0.2) is 24.3 Å². The third kappa shape index (κ3) is 1.98. The average Bonchev–Trinajstić information content (AvgIpc) is 2.58. The van der Waals surface area contributed by atoms with Crippen LogP contribution in [0.3, 0.4) is 0 Å². The van der Waals surface area contributed by atoms with Gasteiger partial charge in [-0.2, -0.15) is 0 Å². The summed E-state index contributed by atoms with van der Waals surface area (Å²) >= 11 is 0.